The summed E-state index contributed by atoms with van der Waals surface area (Å²) in [4.78, 5) is 0.120. The van der Waals surface area contributed by atoms with Gasteiger partial charge in [0.15, 0.2) is 0 Å². The van der Waals surface area contributed by atoms with Gasteiger partial charge in [-0.25, -0.2) is 17.8 Å². The summed E-state index contributed by atoms with van der Waals surface area (Å²) in [6, 6.07) is 7.27. The summed E-state index contributed by atoms with van der Waals surface area (Å²) in [7, 11) is -2.00. The van der Waals surface area contributed by atoms with E-state index in [0.717, 1.165) is 6.54 Å². The van der Waals surface area contributed by atoms with E-state index in [1.165, 1.54) is 17.1 Å². The zero-order valence-electron chi connectivity index (χ0n) is 13.0. The van der Waals surface area contributed by atoms with Crippen molar-refractivity contribution < 1.29 is 13.2 Å². The van der Waals surface area contributed by atoms with Gasteiger partial charge in [0, 0.05) is 13.1 Å². The average Bonchev–Trinajstić information content (AvgIpc) is 3.02. The summed E-state index contributed by atoms with van der Waals surface area (Å²) >= 11 is 0. The molecule has 2 rings (SSSR count). The van der Waals surface area contributed by atoms with Crippen molar-refractivity contribution in [2.24, 2.45) is 0 Å². The first-order valence-corrected chi connectivity index (χ1v) is 8.45. The van der Waals surface area contributed by atoms with Gasteiger partial charge in [-0.15, -0.1) is 12.4 Å². The normalized spacial score (nSPS) is 11.0. The van der Waals surface area contributed by atoms with E-state index in [2.05, 4.69) is 15.1 Å². The summed E-state index contributed by atoms with van der Waals surface area (Å²) in [5.41, 5.74) is 0.680. The van der Waals surface area contributed by atoms with Gasteiger partial charge in [0.1, 0.15) is 16.3 Å². The maximum absolute atomic E-state index is 12.2. The lowest BCUT2D eigenvalue weighted by atomic mass is 10.3. The Labute approximate surface area is 142 Å². The Morgan fingerprint density at radius 2 is 2.00 bits per heavy atom. The Hall–Kier alpha value is -1.61. The smallest absolute Gasteiger partial charge is 0.243 e. The first-order chi connectivity index (χ1) is 10.6. The Morgan fingerprint density at radius 1 is 1.26 bits per heavy atom. The highest BCUT2D eigenvalue weighted by Crippen LogP contribution is 2.22. The van der Waals surface area contributed by atoms with Gasteiger partial charge >= 0.3 is 0 Å². The predicted molar refractivity (Wildman–Crippen MR) is 91.1 cm³/mol. The molecule has 9 heteroatoms. The van der Waals surface area contributed by atoms with Gasteiger partial charge in [-0.2, -0.15) is 5.10 Å². The number of benzene rings is 1. The van der Waals surface area contributed by atoms with Crippen LogP contribution in [0.5, 0.6) is 5.75 Å². The third kappa shape index (κ3) is 4.93. The molecule has 1 aromatic heterocycles. The number of halogens is 1. The molecule has 1 heterocycles. The molecule has 23 heavy (non-hydrogen) atoms. The number of ether oxygens (including phenoxy) is 1. The van der Waals surface area contributed by atoms with Crippen LogP contribution in [-0.2, 0) is 10.0 Å². The highest BCUT2D eigenvalue weighted by molar-refractivity contribution is 7.89. The highest BCUT2D eigenvalue weighted by atomic mass is 35.5. The summed E-state index contributed by atoms with van der Waals surface area (Å²) in [6.07, 6.45) is 2.79. The topological polar surface area (TPSA) is 85.3 Å². The van der Waals surface area contributed by atoms with E-state index in [0.29, 0.717) is 24.5 Å². The molecule has 128 valence electrons. The van der Waals surface area contributed by atoms with Crippen molar-refractivity contribution in [3.05, 3.63) is 36.7 Å². The van der Waals surface area contributed by atoms with Gasteiger partial charge in [0.05, 0.1) is 19.5 Å². The molecule has 0 spiro atoms. The molecule has 0 aliphatic carbocycles. The number of nitrogens with one attached hydrogen (secondary N) is 2. The Morgan fingerprint density at radius 3 is 2.70 bits per heavy atom. The average molecular weight is 361 g/mol. The van der Waals surface area contributed by atoms with Gasteiger partial charge in [-0.05, 0) is 18.7 Å². The first-order valence-electron chi connectivity index (χ1n) is 6.97. The van der Waals surface area contributed by atoms with Crippen LogP contribution in [0.1, 0.15) is 6.92 Å². The fourth-order valence-corrected chi connectivity index (χ4v) is 2.89. The van der Waals surface area contributed by atoms with E-state index in [4.69, 9.17) is 4.74 Å². The van der Waals surface area contributed by atoms with Crippen LogP contribution >= 0.6 is 12.4 Å². The highest BCUT2D eigenvalue weighted by Gasteiger charge is 2.17. The summed E-state index contributed by atoms with van der Waals surface area (Å²) < 4.78 is 33.6. The maximum Gasteiger partial charge on any atom is 0.243 e. The summed E-state index contributed by atoms with van der Waals surface area (Å²) in [6.45, 7) is 3.67. The maximum atomic E-state index is 12.2. The molecule has 2 aromatic rings. The Balaban J connectivity index is 0.00000264. The molecular formula is C14H21ClN4O3S. The molecule has 0 aliphatic rings. The quantitative estimate of drug-likeness (QED) is 0.691. The third-order valence-electron chi connectivity index (χ3n) is 3.05. The Kier molecular flexibility index (Phi) is 7.50. The largest absolute Gasteiger partial charge is 0.494 e. The molecular weight excluding hydrogens is 340 g/mol. The summed E-state index contributed by atoms with van der Waals surface area (Å²) in [5, 5.41) is 7.16. The van der Waals surface area contributed by atoms with Crippen LogP contribution in [0.15, 0.2) is 41.6 Å². The zero-order valence-corrected chi connectivity index (χ0v) is 14.7. The summed E-state index contributed by atoms with van der Waals surface area (Å²) in [5.74, 6) is 0.620. The molecule has 0 bridgehead atoms. The standard InChI is InChI=1S/C14H20N4O3S.ClH/c1-3-15-8-9-17-22(19,20)12-10-16-18(11-12)13-6-4-5-7-14(13)21-2;/h4-7,10-11,15,17H,3,8-9H2,1-2H3;1H. The molecule has 0 radical (unpaired) electrons. The van der Waals surface area contributed by atoms with Gasteiger partial charge < -0.3 is 10.1 Å². The number of hydrogen-bond acceptors (Lipinski definition) is 5. The van der Waals surface area contributed by atoms with Crippen LogP contribution < -0.4 is 14.8 Å². The number of rotatable bonds is 8. The number of sulfonamides is 1. The second-order valence-corrected chi connectivity index (χ2v) is 6.31. The van der Waals surface area contributed by atoms with Crippen molar-refractivity contribution in [2.45, 2.75) is 11.8 Å². The molecule has 0 aliphatic heterocycles. The lowest BCUT2D eigenvalue weighted by Crippen LogP contribution is -2.31. The lowest BCUT2D eigenvalue weighted by molar-refractivity contribution is 0.411. The van der Waals surface area contributed by atoms with Crippen LogP contribution in [0.3, 0.4) is 0 Å². The molecule has 0 atom stereocenters. The molecule has 0 saturated heterocycles. The fraction of sp³-hybridized carbons (Fsp3) is 0.357. The molecule has 0 fully saturated rings. The molecule has 0 amide bonds. The van der Waals surface area contributed by atoms with E-state index in [1.807, 2.05) is 19.1 Å². The lowest BCUT2D eigenvalue weighted by Gasteiger charge is -2.07. The van der Waals surface area contributed by atoms with Crippen molar-refractivity contribution in [3.63, 3.8) is 0 Å². The number of likely N-dealkylation sites (N-methyl/N-ethyl adjacent to an activating group) is 1. The van der Waals surface area contributed by atoms with Gasteiger partial charge in [-0.1, -0.05) is 19.1 Å². The second kappa shape index (κ2) is 8.88. The van der Waals surface area contributed by atoms with E-state index >= 15 is 0 Å². The number of para-hydroxylation sites is 2. The van der Waals surface area contributed by atoms with Gasteiger partial charge in [0.25, 0.3) is 0 Å². The van der Waals surface area contributed by atoms with E-state index < -0.39 is 10.0 Å². The SMILES string of the molecule is CCNCCNS(=O)(=O)c1cnn(-c2ccccc2OC)c1.Cl. The minimum atomic E-state index is -3.56. The number of methoxy groups -OCH3 is 1. The van der Waals surface area contributed by atoms with Crippen LogP contribution in [0.2, 0.25) is 0 Å². The molecule has 1 aromatic carbocycles. The van der Waals surface area contributed by atoms with Crippen LogP contribution in [0.4, 0.5) is 0 Å². The van der Waals surface area contributed by atoms with Crippen molar-refractivity contribution in [2.75, 3.05) is 26.7 Å². The van der Waals surface area contributed by atoms with Crippen LogP contribution in [-0.4, -0.2) is 44.9 Å². The third-order valence-corrected chi connectivity index (χ3v) is 4.46. The predicted octanol–water partition coefficient (Wildman–Crippen LogP) is 1.19. The first kappa shape index (κ1) is 19.4. The molecule has 7 nitrogen and oxygen atoms in total. The minimum Gasteiger partial charge on any atom is -0.494 e. The zero-order chi connectivity index (χ0) is 16.0. The van der Waals surface area contributed by atoms with E-state index in [-0.39, 0.29) is 17.3 Å². The van der Waals surface area contributed by atoms with Crippen molar-refractivity contribution in [1.82, 2.24) is 19.8 Å². The van der Waals surface area contributed by atoms with Gasteiger partial charge in [0.2, 0.25) is 10.0 Å². The van der Waals surface area contributed by atoms with Crippen LogP contribution in [0, 0.1) is 0 Å². The van der Waals surface area contributed by atoms with E-state index in [1.54, 1.807) is 19.2 Å². The number of aromatic nitrogens is 2. The monoisotopic (exact) mass is 360 g/mol. The van der Waals surface area contributed by atoms with E-state index in [9.17, 15) is 8.42 Å². The van der Waals surface area contributed by atoms with Crippen molar-refractivity contribution in [3.8, 4) is 11.4 Å². The number of nitrogens with zero attached hydrogens (tertiary/aromatic N) is 2. The fourth-order valence-electron chi connectivity index (χ4n) is 1.93. The van der Waals surface area contributed by atoms with Crippen molar-refractivity contribution >= 4 is 22.4 Å². The van der Waals surface area contributed by atoms with Crippen LogP contribution in [0.25, 0.3) is 5.69 Å². The molecule has 2 N–H and O–H groups in total. The minimum absolute atomic E-state index is 0. The number of hydrogen-bond donors (Lipinski definition) is 2. The van der Waals surface area contributed by atoms with Crippen molar-refractivity contribution in [1.29, 1.82) is 0 Å². The molecule has 0 unspecified atom stereocenters. The molecule has 0 saturated carbocycles. The second-order valence-electron chi connectivity index (χ2n) is 4.54. The van der Waals surface area contributed by atoms with Gasteiger partial charge in [-0.3, -0.25) is 0 Å². The Bertz CT molecular complexity index is 718.